The van der Waals surface area contributed by atoms with Crippen molar-refractivity contribution in [1.29, 1.82) is 0 Å². The summed E-state index contributed by atoms with van der Waals surface area (Å²) in [6.07, 6.45) is 2.60. The summed E-state index contributed by atoms with van der Waals surface area (Å²) in [5.41, 5.74) is 0.931. The third kappa shape index (κ3) is 4.15. The number of ether oxygens (including phenoxy) is 1. The molecule has 7 nitrogen and oxygen atoms in total. The monoisotopic (exact) mass is 356 g/mol. The van der Waals surface area contributed by atoms with E-state index in [0.29, 0.717) is 6.54 Å². The Balaban J connectivity index is 1.80. The molecule has 0 aliphatic carbocycles. The lowest BCUT2D eigenvalue weighted by atomic mass is 9.90. The minimum Gasteiger partial charge on any atom is -0.487 e. The zero-order valence-electron chi connectivity index (χ0n) is 16.0. The van der Waals surface area contributed by atoms with Gasteiger partial charge < -0.3 is 19.9 Å². The SMILES string of the molecule is CCNC(=NCc1nncn1CC)NC1CC(C)(C)Oc2ccccc21. The molecule has 2 aromatic rings. The molecule has 3 rings (SSSR count). The molecule has 0 radical (unpaired) electrons. The quantitative estimate of drug-likeness (QED) is 0.636. The van der Waals surface area contributed by atoms with Crippen LogP contribution >= 0.6 is 0 Å². The van der Waals surface area contributed by atoms with Crippen molar-refractivity contribution < 1.29 is 4.74 Å². The molecule has 1 aromatic carbocycles. The third-order valence-electron chi connectivity index (χ3n) is 4.45. The van der Waals surface area contributed by atoms with Crippen molar-refractivity contribution in [2.75, 3.05) is 6.54 Å². The van der Waals surface area contributed by atoms with Gasteiger partial charge in [0.2, 0.25) is 0 Å². The van der Waals surface area contributed by atoms with Crippen molar-refractivity contribution in [3.05, 3.63) is 42.0 Å². The highest BCUT2D eigenvalue weighted by molar-refractivity contribution is 5.80. The Labute approximate surface area is 154 Å². The van der Waals surface area contributed by atoms with Gasteiger partial charge in [0.1, 0.15) is 24.2 Å². The Bertz CT molecular complexity index is 767. The van der Waals surface area contributed by atoms with Gasteiger partial charge in [0.15, 0.2) is 11.8 Å². The number of hydrogen-bond donors (Lipinski definition) is 2. The van der Waals surface area contributed by atoms with E-state index in [-0.39, 0.29) is 11.6 Å². The van der Waals surface area contributed by atoms with Crippen molar-refractivity contribution in [1.82, 2.24) is 25.4 Å². The fraction of sp³-hybridized carbons (Fsp3) is 0.526. The van der Waals surface area contributed by atoms with Gasteiger partial charge in [-0.3, -0.25) is 0 Å². The maximum Gasteiger partial charge on any atom is 0.192 e. The van der Waals surface area contributed by atoms with E-state index in [1.165, 1.54) is 0 Å². The van der Waals surface area contributed by atoms with Crippen molar-refractivity contribution in [2.45, 2.75) is 58.8 Å². The van der Waals surface area contributed by atoms with Crippen LogP contribution in [-0.4, -0.2) is 32.9 Å². The maximum absolute atomic E-state index is 6.12. The highest BCUT2D eigenvalue weighted by Crippen LogP contribution is 2.39. The molecule has 1 aliphatic heterocycles. The van der Waals surface area contributed by atoms with E-state index >= 15 is 0 Å². The number of aryl methyl sites for hydroxylation is 1. The van der Waals surface area contributed by atoms with Crippen molar-refractivity contribution in [2.24, 2.45) is 4.99 Å². The zero-order chi connectivity index (χ0) is 18.6. The van der Waals surface area contributed by atoms with Crippen molar-refractivity contribution in [3.8, 4) is 5.75 Å². The largest absolute Gasteiger partial charge is 0.487 e. The number of guanidine groups is 1. The summed E-state index contributed by atoms with van der Waals surface area (Å²) in [4.78, 5) is 4.71. The third-order valence-corrected chi connectivity index (χ3v) is 4.45. The highest BCUT2D eigenvalue weighted by atomic mass is 16.5. The van der Waals surface area contributed by atoms with Gasteiger partial charge in [-0.1, -0.05) is 18.2 Å². The number of hydrogen-bond acceptors (Lipinski definition) is 4. The van der Waals surface area contributed by atoms with E-state index in [9.17, 15) is 0 Å². The number of para-hydroxylation sites is 1. The molecule has 1 unspecified atom stereocenters. The molecule has 0 amide bonds. The van der Waals surface area contributed by atoms with Crippen LogP contribution in [0.1, 0.15) is 51.5 Å². The lowest BCUT2D eigenvalue weighted by Gasteiger charge is -2.38. The van der Waals surface area contributed by atoms with Gasteiger partial charge in [-0.05, 0) is 33.8 Å². The van der Waals surface area contributed by atoms with E-state index in [1.54, 1.807) is 6.33 Å². The molecule has 1 aliphatic rings. The number of nitrogens with zero attached hydrogens (tertiary/aromatic N) is 4. The van der Waals surface area contributed by atoms with Crippen LogP contribution in [0.5, 0.6) is 5.75 Å². The van der Waals surface area contributed by atoms with E-state index < -0.39 is 0 Å². The summed E-state index contributed by atoms with van der Waals surface area (Å²) in [7, 11) is 0. The predicted molar refractivity (Wildman–Crippen MR) is 102 cm³/mol. The number of benzene rings is 1. The molecule has 0 saturated carbocycles. The standard InChI is InChI=1S/C19H28N6O/c1-5-20-18(21-12-17-24-22-13-25(17)6-2)23-15-11-19(3,4)26-16-10-8-7-9-14(15)16/h7-10,13,15H,5-6,11-12H2,1-4H3,(H2,20,21,23). The van der Waals surface area contributed by atoms with Crippen LogP contribution in [0.25, 0.3) is 0 Å². The summed E-state index contributed by atoms with van der Waals surface area (Å²) in [6, 6.07) is 8.33. The van der Waals surface area contributed by atoms with Crippen molar-refractivity contribution in [3.63, 3.8) is 0 Å². The fourth-order valence-electron chi connectivity index (χ4n) is 3.23. The first-order valence-corrected chi connectivity index (χ1v) is 9.22. The molecule has 2 N–H and O–H groups in total. The topological polar surface area (TPSA) is 76.4 Å². The molecule has 0 saturated heterocycles. The lowest BCUT2D eigenvalue weighted by molar-refractivity contribution is 0.0694. The van der Waals surface area contributed by atoms with Gasteiger partial charge >= 0.3 is 0 Å². The lowest BCUT2D eigenvalue weighted by Crippen LogP contribution is -2.45. The summed E-state index contributed by atoms with van der Waals surface area (Å²) in [6.45, 7) is 10.5. The van der Waals surface area contributed by atoms with Gasteiger partial charge in [-0.25, -0.2) is 4.99 Å². The van der Waals surface area contributed by atoms with Crippen molar-refractivity contribution >= 4 is 5.96 Å². The second kappa shape index (κ2) is 7.76. The molecule has 26 heavy (non-hydrogen) atoms. The summed E-state index contributed by atoms with van der Waals surface area (Å²) in [5, 5.41) is 15.0. The van der Waals surface area contributed by atoms with Crippen LogP contribution in [0.15, 0.2) is 35.6 Å². The van der Waals surface area contributed by atoms with E-state index in [0.717, 1.165) is 42.6 Å². The highest BCUT2D eigenvalue weighted by Gasteiger charge is 2.33. The molecule has 1 atom stereocenters. The van der Waals surface area contributed by atoms with Crippen LogP contribution < -0.4 is 15.4 Å². The first-order chi connectivity index (χ1) is 12.5. The maximum atomic E-state index is 6.12. The van der Waals surface area contributed by atoms with Crippen LogP contribution in [0.4, 0.5) is 0 Å². The summed E-state index contributed by atoms with van der Waals surface area (Å²) >= 11 is 0. The molecule has 7 heteroatoms. The molecule has 0 fully saturated rings. The molecule has 1 aromatic heterocycles. The zero-order valence-corrected chi connectivity index (χ0v) is 16.0. The van der Waals surface area contributed by atoms with Crippen LogP contribution in [-0.2, 0) is 13.1 Å². The molecule has 140 valence electrons. The minimum atomic E-state index is -0.230. The van der Waals surface area contributed by atoms with Crippen LogP contribution in [0.3, 0.4) is 0 Å². The number of nitrogens with one attached hydrogen (secondary N) is 2. The first-order valence-electron chi connectivity index (χ1n) is 9.22. The number of rotatable bonds is 5. The smallest absolute Gasteiger partial charge is 0.192 e. The first kappa shape index (κ1) is 18.2. The second-order valence-corrected chi connectivity index (χ2v) is 7.03. The molecule has 2 heterocycles. The molecular weight excluding hydrogens is 328 g/mol. The van der Waals surface area contributed by atoms with Gasteiger partial charge in [-0.2, -0.15) is 0 Å². The second-order valence-electron chi connectivity index (χ2n) is 7.03. The van der Waals surface area contributed by atoms with Gasteiger partial charge in [0, 0.05) is 25.1 Å². The number of aliphatic imine (C=N–C) groups is 1. The molecular formula is C19H28N6O. The summed E-state index contributed by atoms with van der Waals surface area (Å²) < 4.78 is 8.12. The predicted octanol–water partition coefficient (Wildman–Crippen LogP) is 2.66. The number of fused-ring (bicyclic) bond motifs is 1. The molecule has 0 spiro atoms. The Morgan fingerprint density at radius 2 is 2.15 bits per heavy atom. The Hall–Kier alpha value is -2.57. The fourth-order valence-corrected chi connectivity index (χ4v) is 3.23. The van der Waals surface area contributed by atoms with E-state index in [2.05, 4.69) is 54.6 Å². The average molecular weight is 356 g/mol. The average Bonchev–Trinajstić information content (AvgIpc) is 3.06. The van der Waals surface area contributed by atoms with Gasteiger partial charge in [0.05, 0.1) is 6.04 Å². The van der Waals surface area contributed by atoms with Crippen LogP contribution in [0.2, 0.25) is 0 Å². The van der Waals surface area contributed by atoms with Crippen LogP contribution in [0, 0.1) is 0 Å². The van der Waals surface area contributed by atoms with Gasteiger partial charge in [0.25, 0.3) is 0 Å². The molecule has 0 bridgehead atoms. The Morgan fingerprint density at radius 3 is 2.92 bits per heavy atom. The van der Waals surface area contributed by atoms with E-state index in [1.807, 2.05) is 22.8 Å². The normalized spacial score (nSPS) is 18.8. The number of aromatic nitrogens is 3. The minimum absolute atomic E-state index is 0.136. The van der Waals surface area contributed by atoms with E-state index in [4.69, 9.17) is 9.73 Å². The Kier molecular flexibility index (Phi) is 5.44. The van der Waals surface area contributed by atoms with Gasteiger partial charge in [-0.15, -0.1) is 10.2 Å². The Morgan fingerprint density at radius 1 is 1.35 bits per heavy atom. The summed E-state index contributed by atoms with van der Waals surface area (Å²) in [5.74, 6) is 2.57.